The van der Waals surface area contributed by atoms with Crippen LogP contribution < -0.4 is 0 Å². The summed E-state index contributed by atoms with van der Waals surface area (Å²) in [6, 6.07) is 5.76. The molecule has 2 heterocycles. The van der Waals surface area contributed by atoms with Crippen LogP contribution >= 0.6 is 38.6 Å². The predicted octanol–water partition coefficient (Wildman–Crippen LogP) is 4.00. The zero-order valence-electron chi connectivity index (χ0n) is 7.20. The largest absolute Gasteiger partial charge is 0.293 e. The molecule has 0 aliphatic heterocycles. The van der Waals surface area contributed by atoms with Gasteiger partial charge in [-0.3, -0.25) is 4.79 Å². The number of hydrogen-bond acceptors (Lipinski definition) is 3. The molecule has 14 heavy (non-hydrogen) atoms. The van der Waals surface area contributed by atoms with Crippen molar-refractivity contribution in [2.45, 2.75) is 6.42 Å². The van der Waals surface area contributed by atoms with Crippen LogP contribution in [-0.2, 0) is 6.42 Å². The average molecular weight is 287 g/mol. The smallest absolute Gasteiger partial charge is 0.177 e. The Morgan fingerprint density at radius 2 is 2.21 bits per heavy atom. The lowest BCUT2D eigenvalue weighted by Crippen LogP contribution is -1.99. The summed E-state index contributed by atoms with van der Waals surface area (Å²) in [5.74, 6) is 0.194. The van der Waals surface area contributed by atoms with Crippen LogP contribution in [0.25, 0.3) is 0 Å². The highest BCUT2D eigenvalue weighted by Crippen LogP contribution is 2.23. The molecular formula is C10H7BrOS2. The van der Waals surface area contributed by atoms with Gasteiger partial charge in [-0.25, -0.2) is 0 Å². The summed E-state index contributed by atoms with van der Waals surface area (Å²) in [6.07, 6.45) is 0.510. The summed E-state index contributed by atoms with van der Waals surface area (Å²) < 4.78 is 1.01. The van der Waals surface area contributed by atoms with E-state index >= 15 is 0 Å². The zero-order chi connectivity index (χ0) is 9.97. The van der Waals surface area contributed by atoms with Gasteiger partial charge in [0.15, 0.2) is 5.78 Å². The van der Waals surface area contributed by atoms with Gasteiger partial charge in [0, 0.05) is 6.42 Å². The Balaban J connectivity index is 2.10. The van der Waals surface area contributed by atoms with Crippen molar-refractivity contribution in [3.05, 3.63) is 43.2 Å². The second-order valence-electron chi connectivity index (χ2n) is 2.84. The van der Waals surface area contributed by atoms with E-state index in [4.69, 9.17) is 0 Å². The SMILES string of the molecule is O=C(Cc1ccsc1)c1ccc(Br)s1. The Hall–Kier alpha value is -0.450. The third-order valence-electron chi connectivity index (χ3n) is 1.79. The lowest BCUT2D eigenvalue weighted by molar-refractivity contribution is 0.0997. The normalized spacial score (nSPS) is 10.4. The van der Waals surface area contributed by atoms with Gasteiger partial charge in [0.1, 0.15) is 0 Å². The fraction of sp³-hybridized carbons (Fsp3) is 0.100. The zero-order valence-corrected chi connectivity index (χ0v) is 10.4. The van der Waals surface area contributed by atoms with Crippen molar-refractivity contribution in [1.29, 1.82) is 0 Å². The van der Waals surface area contributed by atoms with Crippen LogP contribution in [0.1, 0.15) is 15.2 Å². The lowest BCUT2D eigenvalue weighted by atomic mass is 10.1. The van der Waals surface area contributed by atoms with Crippen LogP contribution in [0.15, 0.2) is 32.7 Å². The second-order valence-corrected chi connectivity index (χ2v) is 6.08. The molecule has 72 valence electrons. The van der Waals surface area contributed by atoms with Gasteiger partial charge in [-0.1, -0.05) is 0 Å². The maximum Gasteiger partial charge on any atom is 0.177 e. The first-order valence-corrected chi connectivity index (χ1v) is 6.60. The van der Waals surface area contributed by atoms with Crippen molar-refractivity contribution in [3.8, 4) is 0 Å². The minimum atomic E-state index is 0.194. The first-order chi connectivity index (χ1) is 6.75. The molecule has 0 atom stereocenters. The van der Waals surface area contributed by atoms with E-state index in [2.05, 4.69) is 15.9 Å². The van der Waals surface area contributed by atoms with Crippen LogP contribution in [0, 0.1) is 0 Å². The van der Waals surface area contributed by atoms with Crippen molar-refractivity contribution in [2.24, 2.45) is 0 Å². The number of rotatable bonds is 3. The quantitative estimate of drug-likeness (QED) is 0.780. The van der Waals surface area contributed by atoms with Crippen LogP contribution in [0.5, 0.6) is 0 Å². The summed E-state index contributed by atoms with van der Waals surface area (Å²) in [6.45, 7) is 0. The van der Waals surface area contributed by atoms with Gasteiger partial charge < -0.3 is 0 Å². The summed E-state index contributed by atoms with van der Waals surface area (Å²) >= 11 is 6.46. The van der Waals surface area contributed by atoms with Gasteiger partial charge in [-0.2, -0.15) is 11.3 Å². The predicted molar refractivity (Wildman–Crippen MR) is 64.4 cm³/mol. The maximum absolute atomic E-state index is 11.7. The van der Waals surface area contributed by atoms with Gasteiger partial charge >= 0.3 is 0 Å². The van der Waals surface area contributed by atoms with Gasteiger partial charge in [-0.15, -0.1) is 11.3 Å². The Labute approximate surface area is 98.5 Å². The monoisotopic (exact) mass is 286 g/mol. The molecule has 2 rings (SSSR count). The summed E-state index contributed by atoms with van der Waals surface area (Å²) in [7, 11) is 0. The molecule has 0 saturated carbocycles. The molecule has 0 unspecified atom stereocenters. The molecule has 0 spiro atoms. The average Bonchev–Trinajstić information content (AvgIpc) is 2.75. The van der Waals surface area contributed by atoms with E-state index in [-0.39, 0.29) is 5.78 Å². The number of carbonyl (C=O) groups excluding carboxylic acids is 1. The molecule has 0 radical (unpaired) electrons. The number of carbonyl (C=O) groups is 1. The Morgan fingerprint density at radius 1 is 1.36 bits per heavy atom. The van der Waals surface area contributed by atoms with Crippen molar-refractivity contribution in [2.75, 3.05) is 0 Å². The van der Waals surface area contributed by atoms with E-state index in [1.54, 1.807) is 11.3 Å². The van der Waals surface area contributed by atoms with E-state index in [9.17, 15) is 4.79 Å². The maximum atomic E-state index is 11.7. The van der Waals surface area contributed by atoms with E-state index in [0.29, 0.717) is 6.42 Å². The van der Waals surface area contributed by atoms with Crippen LogP contribution in [0.2, 0.25) is 0 Å². The fourth-order valence-corrected chi connectivity index (χ4v) is 3.12. The van der Waals surface area contributed by atoms with Crippen LogP contribution in [-0.4, -0.2) is 5.78 Å². The highest BCUT2D eigenvalue weighted by atomic mass is 79.9. The van der Waals surface area contributed by atoms with Crippen molar-refractivity contribution in [1.82, 2.24) is 0 Å². The van der Waals surface area contributed by atoms with Crippen molar-refractivity contribution >= 4 is 44.4 Å². The van der Waals surface area contributed by atoms with E-state index < -0.39 is 0 Å². The highest BCUT2D eigenvalue weighted by Gasteiger charge is 2.09. The van der Waals surface area contributed by atoms with E-state index in [1.165, 1.54) is 11.3 Å². The summed E-state index contributed by atoms with van der Waals surface area (Å²) in [5.41, 5.74) is 1.10. The molecule has 0 fully saturated rings. The molecule has 0 bridgehead atoms. The highest BCUT2D eigenvalue weighted by molar-refractivity contribution is 9.11. The van der Waals surface area contributed by atoms with E-state index in [0.717, 1.165) is 14.2 Å². The minimum Gasteiger partial charge on any atom is -0.293 e. The van der Waals surface area contributed by atoms with Crippen LogP contribution in [0.3, 0.4) is 0 Å². The number of halogens is 1. The van der Waals surface area contributed by atoms with Crippen molar-refractivity contribution in [3.63, 3.8) is 0 Å². The molecule has 0 aliphatic carbocycles. The third-order valence-corrected chi connectivity index (χ3v) is 4.19. The second kappa shape index (κ2) is 4.38. The summed E-state index contributed by atoms with van der Waals surface area (Å²) in [5, 5.41) is 4.01. The van der Waals surface area contributed by atoms with Gasteiger partial charge in [0.05, 0.1) is 8.66 Å². The van der Waals surface area contributed by atoms with Gasteiger partial charge in [-0.05, 0) is 50.5 Å². The molecule has 0 aromatic carbocycles. The Kier molecular flexibility index (Phi) is 3.15. The first-order valence-electron chi connectivity index (χ1n) is 4.05. The van der Waals surface area contributed by atoms with Gasteiger partial charge in [0.25, 0.3) is 0 Å². The van der Waals surface area contributed by atoms with E-state index in [1.807, 2.05) is 29.0 Å². The topological polar surface area (TPSA) is 17.1 Å². The number of ketones is 1. The fourth-order valence-electron chi connectivity index (χ4n) is 1.13. The number of thiophene rings is 2. The first kappa shape index (κ1) is 10.1. The molecule has 2 aromatic rings. The Bertz CT molecular complexity index is 431. The third kappa shape index (κ3) is 2.32. The molecular weight excluding hydrogens is 280 g/mol. The molecule has 1 nitrogen and oxygen atoms in total. The van der Waals surface area contributed by atoms with Gasteiger partial charge in [0.2, 0.25) is 0 Å². The minimum absolute atomic E-state index is 0.194. The molecule has 0 aliphatic rings. The Morgan fingerprint density at radius 3 is 2.79 bits per heavy atom. The standard InChI is InChI=1S/C10H7BrOS2/c11-10-2-1-9(14-10)8(12)5-7-3-4-13-6-7/h1-4,6H,5H2. The molecule has 2 aromatic heterocycles. The molecule has 0 amide bonds. The van der Waals surface area contributed by atoms with Crippen LogP contribution in [0.4, 0.5) is 0 Å². The number of Topliss-reactive ketones (excluding diaryl/α,β-unsaturated/α-hetero) is 1. The number of hydrogen-bond donors (Lipinski definition) is 0. The molecule has 4 heteroatoms. The molecule has 0 N–H and O–H groups in total. The van der Waals surface area contributed by atoms with Crippen molar-refractivity contribution < 1.29 is 4.79 Å². The lowest BCUT2D eigenvalue weighted by Gasteiger charge is -1.93. The molecule has 0 saturated heterocycles. The summed E-state index contributed by atoms with van der Waals surface area (Å²) in [4.78, 5) is 12.5.